The predicted molar refractivity (Wildman–Crippen MR) is 89.0 cm³/mol. The zero-order chi connectivity index (χ0) is 16.4. The summed E-state index contributed by atoms with van der Waals surface area (Å²) in [5.41, 5.74) is 0.761. The smallest absolute Gasteiger partial charge is 0.245 e. The molecule has 1 N–H and O–H groups in total. The van der Waals surface area contributed by atoms with E-state index in [9.17, 15) is 13.2 Å². The quantitative estimate of drug-likeness (QED) is 0.920. The standard InChI is InChI=1S/C16H15ClN2O3S/c17-13-8-4-5-9-15(13)23(21,22)18-14-10-11-19(16(14)20)12-6-2-1-3-7-12/h1-9,14,18H,10-11H2. The molecule has 7 heteroatoms. The molecule has 0 bridgehead atoms. The zero-order valence-corrected chi connectivity index (χ0v) is 13.7. The number of anilines is 1. The normalized spacial score (nSPS) is 18.4. The summed E-state index contributed by atoms with van der Waals surface area (Å²) < 4.78 is 27.3. The van der Waals surface area contributed by atoms with Gasteiger partial charge >= 0.3 is 0 Å². The van der Waals surface area contributed by atoms with Gasteiger partial charge in [-0.15, -0.1) is 0 Å². The first-order chi connectivity index (χ1) is 11.0. The summed E-state index contributed by atoms with van der Waals surface area (Å²) >= 11 is 5.94. The number of carbonyl (C=O) groups excluding carboxylic acids is 1. The van der Waals surface area contributed by atoms with Crippen LogP contribution >= 0.6 is 11.6 Å². The lowest BCUT2D eigenvalue weighted by molar-refractivity contribution is -0.118. The highest BCUT2D eigenvalue weighted by Gasteiger charge is 2.36. The molecule has 1 unspecified atom stereocenters. The van der Waals surface area contributed by atoms with Crippen LogP contribution in [0.3, 0.4) is 0 Å². The van der Waals surface area contributed by atoms with Crippen molar-refractivity contribution in [3.63, 3.8) is 0 Å². The van der Waals surface area contributed by atoms with Crippen LogP contribution in [-0.2, 0) is 14.8 Å². The number of nitrogens with one attached hydrogen (secondary N) is 1. The monoisotopic (exact) mass is 350 g/mol. The van der Waals surface area contributed by atoms with Crippen molar-refractivity contribution in [3.05, 3.63) is 59.6 Å². The molecular weight excluding hydrogens is 336 g/mol. The van der Waals surface area contributed by atoms with Crippen molar-refractivity contribution in [2.24, 2.45) is 0 Å². The number of rotatable bonds is 4. The molecule has 1 aliphatic heterocycles. The predicted octanol–water partition coefficient (Wildman–Crippen LogP) is 2.42. The van der Waals surface area contributed by atoms with Crippen molar-refractivity contribution in [1.29, 1.82) is 0 Å². The van der Waals surface area contributed by atoms with Crippen LogP contribution in [0.5, 0.6) is 0 Å². The first-order valence-corrected chi connectivity index (χ1v) is 8.98. The van der Waals surface area contributed by atoms with Crippen LogP contribution in [0.4, 0.5) is 5.69 Å². The van der Waals surface area contributed by atoms with Crippen molar-refractivity contribution in [3.8, 4) is 0 Å². The lowest BCUT2D eigenvalue weighted by atomic mass is 10.3. The van der Waals surface area contributed by atoms with Gasteiger partial charge in [0.15, 0.2) is 0 Å². The highest BCUT2D eigenvalue weighted by Crippen LogP contribution is 2.24. The number of amides is 1. The Bertz CT molecular complexity index is 824. The summed E-state index contributed by atoms with van der Waals surface area (Å²) in [4.78, 5) is 14.0. The zero-order valence-electron chi connectivity index (χ0n) is 12.1. The number of nitrogens with zero attached hydrogens (tertiary/aromatic N) is 1. The number of halogens is 1. The molecule has 0 spiro atoms. The van der Waals surface area contributed by atoms with Gasteiger partial charge in [-0.05, 0) is 30.7 Å². The average Bonchev–Trinajstić information content (AvgIpc) is 2.89. The van der Waals surface area contributed by atoms with Gasteiger partial charge in [0.2, 0.25) is 15.9 Å². The third-order valence-electron chi connectivity index (χ3n) is 3.70. The van der Waals surface area contributed by atoms with Gasteiger partial charge in [0.05, 0.1) is 5.02 Å². The summed E-state index contributed by atoms with van der Waals surface area (Å²) in [6.07, 6.45) is 0.414. The summed E-state index contributed by atoms with van der Waals surface area (Å²) in [6, 6.07) is 14.6. The van der Waals surface area contributed by atoms with E-state index >= 15 is 0 Å². The van der Waals surface area contributed by atoms with E-state index in [1.807, 2.05) is 30.3 Å². The minimum atomic E-state index is -3.84. The van der Waals surface area contributed by atoms with Crippen LogP contribution in [0.2, 0.25) is 5.02 Å². The number of sulfonamides is 1. The molecule has 1 fully saturated rings. The van der Waals surface area contributed by atoms with Crippen molar-refractivity contribution >= 4 is 33.2 Å². The molecule has 3 rings (SSSR count). The van der Waals surface area contributed by atoms with Gasteiger partial charge in [0.25, 0.3) is 0 Å². The van der Waals surface area contributed by atoms with Crippen molar-refractivity contribution in [2.75, 3.05) is 11.4 Å². The first kappa shape index (κ1) is 16.0. The van der Waals surface area contributed by atoms with Crippen LogP contribution in [0.25, 0.3) is 0 Å². The van der Waals surface area contributed by atoms with E-state index in [0.717, 1.165) is 5.69 Å². The van der Waals surface area contributed by atoms with E-state index in [0.29, 0.717) is 13.0 Å². The summed E-state index contributed by atoms with van der Waals surface area (Å²) in [7, 11) is -3.84. The second kappa shape index (κ2) is 6.31. The topological polar surface area (TPSA) is 66.5 Å². The molecule has 1 amide bonds. The Hall–Kier alpha value is -1.89. The molecule has 2 aromatic carbocycles. The van der Waals surface area contributed by atoms with Crippen molar-refractivity contribution in [1.82, 2.24) is 4.72 Å². The third-order valence-corrected chi connectivity index (χ3v) is 5.67. The lowest BCUT2D eigenvalue weighted by Crippen LogP contribution is -2.41. The fourth-order valence-corrected chi connectivity index (χ4v) is 4.31. The number of para-hydroxylation sites is 1. The van der Waals surface area contributed by atoms with Gasteiger partial charge in [-0.1, -0.05) is 41.9 Å². The van der Waals surface area contributed by atoms with Gasteiger partial charge in [-0.2, -0.15) is 4.72 Å². The second-order valence-electron chi connectivity index (χ2n) is 5.22. The summed E-state index contributed by atoms with van der Waals surface area (Å²) in [5, 5.41) is 0.130. The number of carbonyl (C=O) groups is 1. The van der Waals surface area contributed by atoms with Gasteiger partial charge in [-0.3, -0.25) is 4.79 Å². The second-order valence-corrected chi connectivity index (χ2v) is 7.31. The highest BCUT2D eigenvalue weighted by atomic mass is 35.5. The molecule has 0 aliphatic carbocycles. The molecule has 1 aliphatic rings. The lowest BCUT2D eigenvalue weighted by Gasteiger charge is -2.17. The average molecular weight is 351 g/mol. The molecule has 5 nitrogen and oxygen atoms in total. The van der Waals surface area contributed by atoms with E-state index in [1.165, 1.54) is 12.1 Å². The van der Waals surface area contributed by atoms with E-state index in [-0.39, 0.29) is 15.8 Å². The molecule has 1 saturated heterocycles. The van der Waals surface area contributed by atoms with Gasteiger partial charge in [0, 0.05) is 12.2 Å². The molecule has 0 radical (unpaired) electrons. The molecular formula is C16H15ClN2O3S. The maximum absolute atomic E-state index is 12.5. The van der Waals surface area contributed by atoms with E-state index in [2.05, 4.69) is 4.72 Å². The molecule has 1 heterocycles. The largest absolute Gasteiger partial charge is 0.311 e. The van der Waals surface area contributed by atoms with E-state index in [1.54, 1.807) is 17.0 Å². The minimum absolute atomic E-state index is 0.0207. The van der Waals surface area contributed by atoms with Gasteiger partial charge in [0.1, 0.15) is 10.9 Å². The third kappa shape index (κ3) is 3.24. The summed E-state index contributed by atoms with van der Waals surface area (Å²) in [5.74, 6) is -0.258. The Kier molecular flexibility index (Phi) is 4.39. The maximum atomic E-state index is 12.5. The molecule has 1 atom stereocenters. The molecule has 2 aromatic rings. The van der Waals surface area contributed by atoms with Crippen LogP contribution < -0.4 is 9.62 Å². The van der Waals surface area contributed by atoms with Crippen molar-refractivity contribution in [2.45, 2.75) is 17.4 Å². The van der Waals surface area contributed by atoms with Crippen LogP contribution in [-0.4, -0.2) is 26.9 Å². The molecule has 0 aromatic heterocycles. The van der Waals surface area contributed by atoms with E-state index in [4.69, 9.17) is 11.6 Å². The number of benzene rings is 2. The van der Waals surface area contributed by atoms with Gasteiger partial charge < -0.3 is 4.90 Å². The Morgan fingerprint density at radius 2 is 1.70 bits per heavy atom. The van der Waals surface area contributed by atoms with Crippen molar-refractivity contribution < 1.29 is 13.2 Å². The Labute approximate surface area is 139 Å². The molecule has 0 saturated carbocycles. The highest BCUT2D eigenvalue weighted by molar-refractivity contribution is 7.89. The molecule has 23 heavy (non-hydrogen) atoms. The summed E-state index contributed by atoms with van der Waals surface area (Å²) in [6.45, 7) is 0.471. The molecule has 120 valence electrons. The Morgan fingerprint density at radius 1 is 1.04 bits per heavy atom. The van der Waals surface area contributed by atoms with Crippen LogP contribution in [0, 0.1) is 0 Å². The Morgan fingerprint density at radius 3 is 2.39 bits per heavy atom. The minimum Gasteiger partial charge on any atom is -0.311 e. The van der Waals surface area contributed by atoms with Gasteiger partial charge in [-0.25, -0.2) is 8.42 Å². The van der Waals surface area contributed by atoms with Crippen LogP contribution in [0.15, 0.2) is 59.5 Å². The fourth-order valence-electron chi connectivity index (χ4n) is 2.57. The number of hydrogen-bond donors (Lipinski definition) is 1. The van der Waals surface area contributed by atoms with Crippen LogP contribution in [0.1, 0.15) is 6.42 Å². The van der Waals surface area contributed by atoms with E-state index < -0.39 is 16.1 Å². The Balaban J connectivity index is 1.79. The number of hydrogen-bond acceptors (Lipinski definition) is 3. The first-order valence-electron chi connectivity index (χ1n) is 7.12. The SMILES string of the molecule is O=C1C(NS(=O)(=O)c2ccccc2Cl)CCN1c1ccccc1. The maximum Gasteiger partial charge on any atom is 0.245 e. The fraction of sp³-hybridized carbons (Fsp3) is 0.188.